The van der Waals surface area contributed by atoms with Crippen molar-refractivity contribution in [3.8, 4) is 11.5 Å². The van der Waals surface area contributed by atoms with Gasteiger partial charge in [0.2, 0.25) is 16.8 Å². The van der Waals surface area contributed by atoms with Crippen LogP contribution in [-0.4, -0.2) is 33.7 Å². The first-order valence-electron chi connectivity index (χ1n) is 7.33. The highest BCUT2D eigenvalue weighted by Crippen LogP contribution is 2.34. The number of ether oxygens (including phenoxy) is 3. The maximum atomic E-state index is 12.2. The van der Waals surface area contributed by atoms with Crippen LogP contribution in [0.3, 0.4) is 0 Å². The van der Waals surface area contributed by atoms with E-state index >= 15 is 0 Å². The highest BCUT2D eigenvalue weighted by Gasteiger charge is 2.38. The summed E-state index contributed by atoms with van der Waals surface area (Å²) in [7, 11) is -3.40. The third-order valence-electron chi connectivity index (χ3n) is 4.24. The lowest BCUT2D eigenvalue weighted by molar-refractivity contribution is 0.0819. The Morgan fingerprint density at radius 1 is 1.27 bits per heavy atom. The van der Waals surface area contributed by atoms with Crippen molar-refractivity contribution in [1.29, 1.82) is 0 Å². The molecule has 1 aromatic carbocycles. The van der Waals surface area contributed by atoms with Crippen LogP contribution in [0.4, 0.5) is 0 Å². The molecule has 1 N–H and O–H groups in total. The van der Waals surface area contributed by atoms with E-state index < -0.39 is 10.0 Å². The Morgan fingerprint density at radius 2 is 2.05 bits per heavy atom. The zero-order valence-corrected chi connectivity index (χ0v) is 13.6. The lowest BCUT2D eigenvalue weighted by atomic mass is 9.87. The summed E-state index contributed by atoms with van der Waals surface area (Å²) in [5.74, 6) is 1.33. The number of nitrogens with one attached hydrogen (secondary N) is 1. The summed E-state index contributed by atoms with van der Waals surface area (Å²) >= 11 is 0. The molecule has 0 amide bonds. The topological polar surface area (TPSA) is 73.9 Å². The molecule has 0 aromatic heterocycles. The van der Waals surface area contributed by atoms with E-state index in [1.54, 1.807) is 12.1 Å². The largest absolute Gasteiger partial charge is 0.454 e. The van der Waals surface area contributed by atoms with Crippen LogP contribution in [0.2, 0.25) is 0 Å². The molecule has 1 aromatic rings. The summed E-state index contributed by atoms with van der Waals surface area (Å²) in [6.45, 7) is 5.14. The Bertz CT molecular complexity index is 656. The van der Waals surface area contributed by atoms with E-state index in [1.165, 1.54) is 0 Å². The second-order valence-corrected chi connectivity index (χ2v) is 8.24. The zero-order chi connectivity index (χ0) is 15.8. The fraction of sp³-hybridized carbons (Fsp3) is 0.600. The van der Waals surface area contributed by atoms with Gasteiger partial charge in [-0.05, 0) is 29.5 Å². The van der Waals surface area contributed by atoms with Crippen LogP contribution in [0, 0.1) is 5.41 Å². The summed E-state index contributed by atoms with van der Waals surface area (Å²) in [6.07, 6.45) is 0.622. The monoisotopic (exact) mass is 327 g/mol. The molecule has 0 saturated carbocycles. The van der Waals surface area contributed by atoms with E-state index in [0.717, 1.165) is 12.0 Å². The molecule has 7 heteroatoms. The molecule has 22 heavy (non-hydrogen) atoms. The van der Waals surface area contributed by atoms with Crippen molar-refractivity contribution in [3.05, 3.63) is 23.8 Å². The van der Waals surface area contributed by atoms with Crippen molar-refractivity contribution < 1.29 is 22.6 Å². The van der Waals surface area contributed by atoms with E-state index in [1.807, 2.05) is 19.9 Å². The quantitative estimate of drug-likeness (QED) is 0.890. The maximum absolute atomic E-state index is 12.2. The summed E-state index contributed by atoms with van der Waals surface area (Å²) in [5.41, 5.74) is 0.729. The summed E-state index contributed by atoms with van der Waals surface area (Å²) in [4.78, 5) is 0. The molecule has 3 rings (SSSR count). The minimum atomic E-state index is -3.40. The standard InChI is InChI=1S/C15H21NO5S/c1-15(2)5-6-19-14(15)9-22(17,18)16-8-11-3-4-12-13(7-11)21-10-20-12/h3-4,7,14,16H,5-6,8-10H2,1-2H3. The molecule has 122 valence electrons. The second kappa shape index (κ2) is 5.72. The number of hydrogen-bond donors (Lipinski definition) is 1. The molecule has 0 aliphatic carbocycles. The normalized spacial score (nSPS) is 22.9. The van der Waals surface area contributed by atoms with E-state index in [9.17, 15) is 8.42 Å². The molecule has 1 atom stereocenters. The Hall–Kier alpha value is -1.31. The molecule has 0 radical (unpaired) electrons. The van der Waals surface area contributed by atoms with Crippen LogP contribution in [0.1, 0.15) is 25.8 Å². The number of rotatable bonds is 5. The van der Waals surface area contributed by atoms with Crippen molar-refractivity contribution in [3.63, 3.8) is 0 Å². The predicted octanol–water partition coefficient (Wildman–Crippen LogP) is 1.65. The first-order chi connectivity index (χ1) is 10.4. The highest BCUT2D eigenvalue weighted by atomic mass is 32.2. The fourth-order valence-electron chi connectivity index (χ4n) is 2.63. The van der Waals surface area contributed by atoms with Crippen LogP contribution in [-0.2, 0) is 21.3 Å². The van der Waals surface area contributed by atoms with E-state index in [0.29, 0.717) is 18.1 Å². The van der Waals surface area contributed by atoms with Gasteiger partial charge in [0, 0.05) is 13.2 Å². The summed E-state index contributed by atoms with van der Waals surface area (Å²) in [6, 6.07) is 5.40. The minimum Gasteiger partial charge on any atom is -0.454 e. The molecular formula is C15H21NO5S. The average Bonchev–Trinajstić information content (AvgIpc) is 3.03. The van der Waals surface area contributed by atoms with Gasteiger partial charge in [-0.3, -0.25) is 0 Å². The van der Waals surface area contributed by atoms with Crippen LogP contribution in [0.5, 0.6) is 11.5 Å². The number of benzene rings is 1. The second-order valence-electron chi connectivity index (χ2n) is 6.39. The Morgan fingerprint density at radius 3 is 2.77 bits per heavy atom. The van der Waals surface area contributed by atoms with Gasteiger partial charge in [0.15, 0.2) is 11.5 Å². The van der Waals surface area contributed by atoms with Crippen LogP contribution in [0.15, 0.2) is 18.2 Å². The first kappa shape index (κ1) is 15.6. The Balaban J connectivity index is 1.60. The van der Waals surface area contributed by atoms with Crippen LogP contribution in [0.25, 0.3) is 0 Å². The Kier molecular flexibility index (Phi) is 4.05. The zero-order valence-electron chi connectivity index (χ0n) is 12.8. The lowest BCUT2D eigenvalue weighted by Gasteiger charge is -2.24. The van der Waals surface area contributed by atoms with Gasteiger partial charge in [-0.15, -0.1) is 0 Å². The van der Waals surface area contributed by atoms with Crippen LogP contribution >= 0.6 is 0 Å². The third-order valence-corrected chi connectivity index (χ3v) is 5.57. The van der Waals surface area contributed by atoms with Crippen molar-refractivity contribution in [2.75, 3.05) is 19.2 Å². The maximum Gasteiger partial charge on any atom is 0.231 e. The smallest absolute Gasteiger partial charge is 0.231 e. The van der Waals surface area contributed by atoms with E-state index in [2.05, 4.69) is 4.72 Å². The lowest BCUT2D eigenvalue weighted by Crippen LogP contribution is -2.37. The Labute approximate surface area is 130 Å². The van der Waals surface area contributed by atoms with Gasteiger partial charge in [-0.2, -0.15) is 0 Å². The first-order valence-corrected chi connectivity index (χ1v) is 8.98. The van der Waals surface area contributed by atoms with Crippen molar-refractivity contribution in [1.82, 2.24) is 4.72 Å². The van der Waals surface area contributed by atoms with Gasteiger partial charge in [0.05, 0.1) is 11.9 Å². The number of hydrogen-bond acceptors (Lipinski definition) is 5. The third kappa shape index (κ3) is 3.37. The fourth-order valence-corrected chi connectivity index (χ4v) is 4.08. The summed E-state index contributed by atoms with van der Waals surface area (Å²) in [5, 5.41) is 0. The van der Waals surface area contributed by atoms with Crippen molar-refractivity contribution in [2.24, 2.45) is 5.41 Å². The van der Waals surface area contributed by atoms with Gasteiger partial charge in [0.25, 0.3) is 0 Å². The highest BCUT2D eigenvalue weighted by molar-refractivity contribution is 7.89. The van der Waals surface area contributed by atoms with Gasteiger partial charge < -0.3 is 14.2 Å². The molecule has 1 saturated heterocycles. The minimum absolute atomic E-state index is 0.00937. The van der Waals surface area contributed by atoms with Gasteiger partial charge in [-0.25, -0.2) is 13.1 Å². The van der Waals surface area contributed by atoms with Crippen molar-refractivity contribution >= 4 is 10.0 Å². The average molecular weight is 327 g/mol. The van der Waals surface area contributed by atoms with Crippen LogP contribution < -0.4 is 14.2 Å². The van der Waals surface area contributed by atoms with E-state index in [-0.39, 0.29) is 30.6 Å². The molecule has 1 unspecified atom stereocenters. The molecule has 6 nitrogen and oxygen atoms in total. The van der Waals surface area contributed by atoms with Gasteiger partial charge in [0.1, 0.15) is 0 Å². The SMILES string of the molecule is CC1(C)CCOC1CS(=O)(=O)NCc1ccc2c(c1)OCO2. The number of fused-ring (bicyclic) bond motifs is 1. The molecule has 1 fully saturated rings. The molecule has 2 heterocycles. The molecule has 2 aliphatic heterocycles. The predicted molar refractivity (Wildman–Crippen MR) is 81.3 cm³/mol. The van der Waals surface area contributed by atoms with Crippen molar-refractivity contribution in [2.45, 2.75) is 32.9 Å². The molecule has 2 aliphatic rings. The summed E-state index contributed by atoms with van der Waals surface area (Å²) < 4.78 is 43.2. The molecule has 0 bridgehead atoms. The molecule has 0 spiro atoms. The van der Waals surface area contributed by atoms with E-state index in [4.69, 9.17) is 14.2 Å². The number of sulfonamides is 1. The van der Waals surface area contributed by atoms with Gasteiger partial charge >= 0.3 is 0 Å². The molecular weight excluding hydrogens is 306 g/mol. The van der Waals surface area contributed by atoms with Gasteiger partial charge in [-0.1, -0.05) is 19.9 Å².